The number of aromatic nitrogens is 3. The van der Waals surface area contributed by atoms with E-state index in [9.17, 15) is 4.79 Å². The Bertz CT molecular complexity index is 1230. The number of fused-ring (bicyclic) bond motifs is 1. The van der Waals surface area contributed by atoms with Gasteiger partial charge in [-0.25, -0.2) is 4.98 Å². The molecular formula is C23H19ClN4O2. The lowest BCUT2D eigenvalue weighted by Crippen LogP contribution is -2.35. The Morgan fingerprint density at radius 2 is 1.87 bits per heavy atom. The fraction of sp³-hybridized carbons (Fsp3) is 0.174. The number of H-pyrrole nitrogens is 1. The van der Waals surface area contributed by atoms with E-state index in [1.165, 1.54) is 0 Å². The number of nitrogens with zero attached hydrogens (tertiary/aromatic N) is 3. The second-order valence-corrected chi connectivity index (χ2v) is 7.79. The van der Waals surface area contributed by atoms with E-state index in [0.717, 1.165) is 40.4 Å². The van der Waals surface area contributed by atoms with Crippen LogP contribution in [0.1, 0.15) is 17.0 Å². The third kappa shape index (κ3) is 3.79. The van der Waals surface area contributed by atoms with Crippen LogP contribution < -0.4 is 5.56 Å². The topological polar surface area (TPSA) is 75.0 Å². The van der Waals surface area contributed by atoms with Crippen LogP contribution in [0, 0.1) is 0 Å². The van der Waals surface area contributed by atoms with Gasteiger partial charge in [0.1, 0.15) is 5.82 Å². The maximum Gasteiger partial charge on any atom is 0.254 e. The van der Waals surface area contributed by atoms with E-state index < -0.39 is 0 Å². The van der Waals surface area contributed by atoms with Gasteiger partial charge in [-0.1, -0.05) is 47.1 Å². The van der Waals surface area contributed by atoms with Crippen LogP contribution in [-0.4, -0.2) is 26.6 Å². The zero-order valence-electron chi connectivity index (χ0n) is 16.1. The first-order chi connectivity index (χ1) is 14.7. The third-order valence-electron chi connectivity index (χ3n) is 5.27. The smallest absolute Gasteiger partial charge is 0.254 e. The van der Waals surface area contributed by atoms with E-state index in [-0.39, 0.29) is 5.56 Å². The average molecular weight is 419 g/mol. The lowest BCUT2D eigenvalue weighted by Gasteiger charge is -2.26. The number of halogens is 1. The van der Waals surface area contributed by atoms with Crippen molar-refractivity contribution in [2.24, 2.45) is 0 Å². The quantitative estimate of drug-likeness (QED) is 0.534. The van der Waals surface area contributed by atoms with Gasteiger partial charge < -0.3 is 9.51 Å². The van der Waals surface area contributed by atoms with Gasteiger partial charge >= 0.3 is 0 Å². The highest BCUT2D eigenvalue weighted by Crippen LogP contribution is 2.23. The van der Waals surface area contributed by atoms with Crippen molar-refractivity contribution >= 4 is 11.6 Å². The molecule has 6 nitrogen and oxygen atoms in total. The van der Waals surface area contributed by atoms with E-state index in [4.69, 9.17) is 21.1 Å². The van der Waals surface area contributed by atoms with Crippen LogP contribution in [0.25, 0.3) is 22.7 Å². The van der Waals surface area contributed by atoms with E-state index >= 15 is 0 Å². The minimum absolute atomic E-state index is 0.0719. The Balaban J connectivity index is 1.36. The summed E-state index contributed by atoms with van der Waals surface area (Å²) in [5.74, 6) is 1.31. The second-order valence-electron chi connectivity index (χ2n) is 7.36. The normalized spacial score (nSPS) is 13.9. The Labute approximate surface area is 178 Å². The number of hydrogen-bond acceptors (Lipinski definition) is 5. The molecule has 5 rings (SSSR count). The van der Waals surface area contributed by atoms with E-state index in [2.05, 4.69) is 15.0 Å². The van der Waals surface area contributed by atoms with Crippen molar-refractivity contribution in [3.05, 3.63) is 93.0 Å². The van der Waals surface area contributed by atoms with Gasteiger partial charge in [-0.15, -0.1) is 0 Å². The van der Waals surface area contributed by atoms with Crippen molar-refractivity contribution in [2.45, 2.75) is 19.5 Å². The number of aromatic amines is 1. The summed E-state index contributed by atoms with van der Waals surface area (Å²) < 4.78 is 5.51. The molecule has 2 aromatic heterocycles. The SMILES string of the molecule is O=c1[nH]c(-c2ccc(Cl)cc2)nc2c1CCN(Cc1cc(-c3ccccc3)on1)C2. The molecule has 0 saturated carbocycles. The van der Waals surface area contributed by atoms with Crippen LogP contribution in [0.5, 0.6) is 0 Å². The van der Waals surface area contributed by atoms with Crippen LogP contribution in [0.4, 0.5) is 0 Å². The first-order valence-corrected chi connectivity index (χ1v) is 10.1. The Hall–Kier alpha value is -3.22. The van der Waals surface area contributed by atoms with Crippen LogP contribution in [0.3, 0.4) is 0 Å². The number of benzene rings is 2. The van der Waals surface area contributed by atoms with Gasteiger partial charge in [0.05, 0.1) is 11.4 Å². The van der Waals surface area contributed by atoms with Gasteiger partial charge in [0.15, 0.2) is 5.76 Å². The highest BCUT2D eigenvalue weighted by Gasteiger charge is 2.22. The lowest BCUT2D eigenvalue weighted by atomic mass is 10.1. The molecule has 3 heterocycles. The van der Waals surface area contributed by atoms with Gasteiger partial charge in [-0.3, -0.25) is 9.69 Å². The van der Waals surface area contributed by atoms with Crippen molar-refractivity contribution in [3.8, 4) is 22.7 Å². The van der Waals surface area contributed by atoms with Gasteiger partial charge in [0.25, 0.3) is 5.56 Å². The number of nitrogens with one attached hydrogen (secondary N) is 1. The monoisotopic (exact) mass is 418 g/mol. The standard InChI is InChI=1S/C23H19ClN4O2/c24-17-8-6-16(7-9-17)22-25-20-14-28(11-10-19(20)23(29)26-22)13-18-12-21(30-27-18)15-4-2-1-3-5-15/h1-9,12H,10-11,13-14H2,(H,25,26,29). The summed E-state index contributed by atoms with van der Waals surface area (Å²) in [6.45, 7) is 2.00. The van der Waals surface area contributed by atoms with Crippen molar-refractivity contribution in [2.75, 3.05) is 6.54 Å². The van der Waals surface area contributed by atoms with Crippen LogP contribution >= 0.6 is 11.6 Å². The first kappa shape index (κ1) is 18.8. The fourth-order valence-electron chi connectivity index (χ4n) is 3.73. The highest BCUT2D eigenvalue weighted by atomic mass is 35.5. The van der Waals surface area contributed by atoms with E-state index in [1.54, 1.807) is 12.1 Å². The molecule has 2 aromatic carbocycles. The van der Waals surface area contributed by atoms with Crippen molar-refractivity contribution in [1.29, 1.82) is 0 Å². The van der Waals surface area contributed by atoms with Crippen molar-refractivity contribution < 1.29 is 4.52 Å². The zero-order valence-corrected chi connectivity index (χ0v) is 16.9. The predicted molar refractivity (Wildman–Crippen MR) is 115 cm³/mol. The summed E-state index contributed by atoms with van der Waals surface area (Å²) in [5, 5.41) is 4.86. The van der Waals surface area contributed by atoms with Crippen molar-refractivity contribution in [1.82, 2.24) is 20.0 Å². The summed E-state index contributed by atoms with van der Waals surface area (Å²) in [5.41, 5.74) is 4.19. The summed E-state index contributed by atoms with van der Waals surface area (Å²) in [6.07, 6.45) is 0.655. The molecule has 30 heavy (non-hydrogen) atoms. The molecule has 0 aliphatic carbocycles. The predicted octanol–water partition coefficient (Wildman–Crippen LogP) is 4.30. The Morgan fingerprint density at radius 3 is 2.67 bits per heavy atom. The Morgan fingerprint density at radius 1 is 1.07 bits per heavy atom. The molecule has 0 bridgehead atoms. The number of rotatable bonds is 4. The molecule has 0 amide bonds. The van der Waals surface area contributed by atoms with E-state index in [1.807, 2.05) is 48.5 Å². The summed E-state index contributed by atoms with van der Waals surface area (Å²) in [4.78, 5) is 22.4. The molecule has 1 N–H and O–H groups in total. The molecule has 0 fully saturated rings. The molecule has 0 unspecified atom stereocenters. The third-order valence-corrected chi connectivity index (χ3v) is 5.53. The molecule has 7 heteroatoms. The van der Waals surface area contributed by atoms with Crippen LogP contribution in [0.2, 0.25) is 5.02 Å². The second kappa shape index (κ2) is 7.89. The molecule has 0 saturated heterocycles. The lowest BCUT2D eigenvalue weighted by molar-refractivity contribution is 0.233. The van der Waals surface area contributed by atoms with Gasteiger partial charge in [-0.05, 0) is 30.7 Å². The fourth-order valence-corrected chi connectivity index (χ4v) is 3.85. The summed E-state index contributed by atoms with van der Waals surface area (Å²) in [7, 11) is 0. The molecule has 0 radical (unpaired) electrons. The maximum absolute atomic E-state index is 12.6. The minimum atomic E-state index is -0.0719. The van der Waals surface area contributed by atoms with Crippen LogP contribution in [-0.2, 0) is 19.5 Å². The zero-order chi connectivity index (χ0) is 20.5. The molecule has 1 aliphatic heterocycles. The molecule has 1 aliphatic rings. The molecule has 150 valence electrons. The molecular weight excluding hydrogens is 400 g/mol. The Kier molecular flexibility index (Phi) is 4.94. The maximum atomic E-state index is 12.6. The molecule has 0 spiro atoms. The molecule has 0 atom stereocenters. The van der Waals surface area contributed by atoms with E-state index in [0.29, 0.717) is 30.4 Å². The van der Waals surface area contributed by atoms with Crippen molar-refractivity contribution in [3.63, 3.8) is 0 Å². The highest BCUT2D eigenvalue weighted by molar-refractivity contribution is 6.30. The first-order valence-electron chi connectivity index (χ1n) is 9.77. The molecule has 4 aromatic rings. The van der Waals surface area contributed by atoms with Gasteiger partial charge in [0, 0.05) is 47.4 Å². The van der Waals surface area contributed by atoms with Gasteiger partial charge in [0.2, 0.25) is 0 Å². The van der Waals surface area contributed by atoms with Gasteiger partial charge in [-0.2, -0.15) is 0 Å². The minimum Gasteiger partial charge on any atom is -0.356 e. The summed E-state index contributed by atoms with van der Waals surface area (Å²) >= 11 is 5.97. The largest absolute Gasteiger partial charge is 0.356 e. The number of hydrogen-bond donors (Lipinski definition) is 1. The summed E-state index contributed by atoms with van der Waals surface area (Å²) in [6, 6.07) is 19.2. The average Bonchev–Trinajstić information content (AvgIpc) is 3.23. The van der Waals surface area contributed by atoms with Crippen LogP contribution in [0.15, 0.2) is 70.0 Å².